The summed E-state index contributed by atoms with van der Waals surface area (Å²) < 4.78 is 12.6. The lowest BCUT2D eigenvalue weighted by atomic mass is 10.1. The zero-order valence-electron chi connectivity index (χ0n) is 14.6. The van der Waals surface area contributed by atoms with E-state index < -0.39 is 0 Å². The minimum absolute atomic E-state index is 0.0804. The molecule has 1 aliphatic rings. The van der Waals surface area contributed by atoms with Crippen LogP contribution in [-0.2, 0) is 6.42 Å². The Kier molecular flexibility index (Phi) is 4.12. The van der Waals surface area contributed by atoms with E-state index in [1.165, 1.54) is 5.56 Å². The number of rotatable bonds is 5. The van der Waals surface area contributed by atoms with Crippen molar-refractivity contribution in [2.75, 3.05) is 20.8 Å². The molecule has 0 spiro atoms. The Hall–Kier alpha value is -2.86. The van der Waals surface area contributed by atoms with E-state index in [0.29, 0.717) is 28.9 Å². The number of nitrogens with zero attached hydrogens (tertiary/aromatic N) is 2. The quantitative estimate of drug-likeness (QED) is 0.649. The third kappa shape index (κ3) is 2.54. The minimum atomic E-state index is -0.0804. The van der Waals surface area contributed by atoms with Crippen molar-refractivity contribution in [3.63, 3.8) is 0 Å². The van der Waals surface area contributed by atoms with E-state index in [0.717, 1.165) is 17.3 Å². The molecule has 1 aromatic heterocycles. The molecule has 2 aromatic carbocycles. The molecule has 5 nitrogen and oxygen atoms in total. The Morgan fingerprint density at radius 2 is 1.81 bits per heavy atom. The number of ether oxygens (including phenoxy) is 2. The molecule has 0 N–H and O–H groups in total. The molecule has 0 saturated heterocycles. The number of carbonyl (C=O) groups is 1. The van der Waals surface area contributed by atoms with E-state index in [-0.39, 0.29) is 5.91 Å². The van der Waals surface area contributed by atoms with Crippen LogP contribution in [0.3, 0.4) is 0 Å². The molecule has 2 heterocycles. The maximum atomic E-state index is 12.9. The molecule has 1 amide bonds. The minimum Gasteiger partial charge on any atom is -0.497 e. The van der Waals surface area contributed by atoms with Gasteiger partial charge in [-0.1, -0.05) is 30.3 Å². The highest BCUT2D eigenvalue weighted by Gasteiger charge is 2.34. The van der Waals surface area contributed by atoms with Gasteiger partial charge in [0.15, 0.2) is 5.11 Å². The van der Waals surface area contributed by atoms with Crippen LogP contribution in [0.1, 0.15) is 16.1 Å². The lowest BCUT2D eigenvalue weighted by Gasteiger charge is -2.16. The van der Waals surface area contributed by atoms with Crippen LogP contribution >= 0.6 is 12.2 Å². The van der Waals surface area contributed by atoms with Crippen LogP contribution in [0.4, 0.5) is 0 Å². The summed E-state index contributed by atoms with van der Waals surface area (Å²) >= 11 is 5.61. The van der Waals surface area contributed by atoms with Crippen LogP contribution in [0.25, 0.3) is 10.9 Å². The number of hydrogen-bond acceptors (Lipinski definition) is 4. The zero-order chi connectivity index (χ0) is 18.3. The van der Waals surface area contributed by atoms with Crippen molar-refractivity contribution in [1.29, 1.82) is 0 Å². The first-order valence-electron chi connectivity index (χ1n) is 8.31. The van der Waals surface area contributed by atoms with E-state index >= 15 is 0 Å². The van der Waals surface area contributed by atoms with Gasteiger partial charge in [-0.2, -0.15) is 0 Å². The van der Waals surface area contributed by atoms with Crippen molar-refractivity contribution in [3.8, 4) is 11.5 Å². The maximum absolute atomic E-state index is 12.9. The Morgan fingerprint density at radius 3 is 2.50 bits per heavy atom. The van der Waals surface area contributed by atoms with Gasteiger partial charge in [0.2, 0.25) is 0 Å². The predicted molar refractivity (Wildman–Crippen MR) is 104 cm³/mol. The SMILES string of the molecule is COc1cc(OC)c2cc3n(c2c1)C(=S)N(CCc1ccccc1)C3=O. The highest BCUT2D eigenvalue weighted by atomic mass is 32.1. The lowest BCUT2D eigenvalue weighted by molar-refractivity contribution is 0.0862. The molecule has 0 bridgehead atoms. The molecule has 4 rings (SSSR count). The highest BCUT2D eigenvalue weighted by molar-refractivity contribution is 7.80. The zero-order valence-corrected chi connectivity index (χ0v) is 15.4. The van der Waals surface area contributed by atoms with Gasteiger partial charge in [0.05, 0.1) is 19.7 Å². The number of fused-ring (bicyclic) bond motifs is 3. The van der Waals surface area contributed by atoms with E-state index in [2.05, 4.69) is 12.1 Å². The van der Waals surface area contributed by atoms with Crippen LogP contribution in [0.15, 0.2) is 48.5 Å². The summed E-state index contributed by atoms with van der Waals surface area (Å²) in [6.07, 6.45) is 0.752. The van der Waals surface area contributed by atoms with E-state index in [4.69, 9.17) is 21.7 Å². The molecule has 6 heteroatoms. The van der Waals surface area contributed by atoms with E-state index in [1.54, 1.807) is 25.2 Å². The fourth-order valence-corrected chi connectivity index (χ4v) is 3.70. The van der Waals surface area contributed by atoms with Crippen LogP contribution < -0.4 is 9.47 Å². The largest absolute Gasteiger partial charge is 0.497 e. The fraction of sp³-hybridized carbons (Fsp3) is 0.200. The van der Waals surface area contributed by atoms with Gasteiger partial charge in [-0.3, -0.25) is 14.3 Å². The topological polar surface area (TPSA) is 43.7 Å². The monoisotopic (exact) mass is 366 g/mol. The molecule has 0 saturated carbocycles. The van der Waals surface area contributed by atoms with Crippen LogP contribution in [-0.4, -0.2) is 41.3 Å². The third-order valence-electron chi connectivity index (χ3n) is 4.67. The van der Waals surface area contributed by atoms with Gasteiger partial charge in [0.25, 0.3) is 5.91 Å². The molecule has 1 aliphatic heterocycles. The second-order valence-electron chi connectivity index (χ2n) is 6.10. The smallest absolute Gasteiger partial charge is 0.277 e. The van der Waals surface area contributed by atoms with Crippen molar-refractivity contribution in [1.82, 2.24) is 9.47 Å². The molecule has 0 atom stereocenters. The Labute approximate surface area is 156 Å². The Morgan fingerprint density at radius 1 is 1.04 bits per heavy atom. The standard InChI is InChI=1S/C20H18N2O3S/c1-24-14-10-16-15(18(11-14)25-2)12-17-19(23)21(20(26)22(16)17)9-8-13-6-4-3-5-7-13/h3-7,10-12H,8-9H2,1-2H3. The van der Waals surface area contributed by atoms with Crippen LogP contribution in [0.5, 0.6) is 11.5 Å². The summed E-state index contributed by atoms with van der Waals surface area (Å²) in [5.74, 6) is 1.24. The molecule has 0 aliphatic carbocycles. The van der Waals surface area contributed by atoms with Gasteiger partial charge in [-0.25, -0.2) is 0 Å². The first-order valence-corrected chi connectivity index (χ1v) is 8.72. The molecule has 26 heavy (non-hydrogen) atoms. The number of benzene rings is 2. The summed E-state index contributed by atoms with van der Waals surface area (Å²) in [5, 5.41) is 1.34. The van der Waals surface area contributed by atoms with Gasteiger partial charge in [0.1, 0.15) is 17.2 Å². The van der Waals surface area contributed by atoms with Gasteiger partial charge in [-0.15, -0.1) is 0 Å². The van der Waals surface area contributed by atoms with E-state index in [1.807, 2.05) is 34.9 Å². The summed E-state index contributed by atoms with van der Waals surface area (Å²) in [6.45, 7) is 0.548. The van der Waals surface area contributed by atoms with Gasteiger partial charge < -0.3 is 9.47 Å². The number of hydrogen-bond donors (Lipinski definition) is 0. The number of aromatic nitrogens is 1. The summed E-state index contributed by atoms with van der Waals surface area (Å²) in [4.78, 5) is 14.6. The Balaban J connectivity index is 1.70. The summed E-state index contributed by atoms with van der Waals surface area (Å²) in [5.41, 5.74) is 2.55. The number of thiocarbonyl (C=S) groups is 1. The maximum Gasteiger partial charge on any atom is 0.277 e. The summed E-state index contributed by atoms with van der Waals surface area (Å²) in [7, 11) is 3.20. The van der Waals surface area contributed by atoms with Gasteiger partial charge in [0, 0.05) is 24.1 Å². The predicted octanol–water partition coefficient (Wildman–Crippen LogP) is 3.49. The average Bonchev–Trinajstić information content (AvgIpc) is 3.16. The van der Waals surface area contributed by atoms with Crippen LogP contribution in [0.2, 0.25) is 0 Å². The summed E-state index contributed by atoms with van der Waals surface area (Å²) in [6, 6.07) is 15.6. The first-order chi connectivity index (χ1) is 12.6. The number of carbonyl (C=O) groups excluding carboxylic acids is 1. The normalized spacial score (nSPS) is 13.4. The molecule has 0 radical (unpaired) electrons. The molecule has 0 fully saturated rings. The molecular weight excluding hydrogens is 348 g/mol. The lowest BCUT2D eigenvalue weighted by Crippen LogP contribution is -2.32. The molecule has 3 aromatic rings. The van der Waals surface area contributed by atoms with Gasteiger partial charge >= 0.3 is 0 Å². The fourth-order valence-electron chi connectivity index (χ4n) is 3.33. The van der Waals surface area contributed by atoms with Crippen molar-refractivity contribution < 1.29 is 14.3 Å². The first kappa shape index (κ1) is 16.6. The number of amides is 1. The Bertz CT molecular complexity index is 1010. The third-order valence-corrected chi connectivity index (χ3v) is 5.07. The van der Waals surface area contributed by atoms with Crippen molar-refractivity contribution in [2.24, 2.45) is 0 Å². The van der Waals surface area contributed by atoms with E-state index in [9.17, 15) is 4.79 Å². The van der Waals surface area contributed by atoms with Gasteiger partial charge in [-0.05, 0) is 30.3 Å². The average molecular weight is 366 g/mol. The van der Waals surface area contributed by atoms with Crippen LogP contribution in [0, 0.1) is 0 Å². The molecular formula is C20H18N2O3S. The number of methoxy groups -OCH3 is 2. The molecule has 132 valence electrons. The second kappa shape index (κ2) is 6.46. The highest BCUT2D eigenvalue weighted by Crippen LogP contribution is 2.36. The van der Waals surface area contributed by atoms with Crippen molar-refractivity contribution in [3.05, 3.63) is 59.8 Å². The van der Waals surface area contributed by atoms with Crippen molar-refractivity contribution in [2.45, 2.75) is 6.42 Å². The molecule has 0 unspecified atom stereocenters. The second-order valence-corrected chi connectivity index (χ2v) is 6.47. The van der Waals surface area contributed by atoms with Crippen molar-refractivity contribution >= 4 is 34.1 Å².